The van der Waals surface area contributed by atoms with Crippen LogP contribution in [0, 0.1) is 6.92 Å². The smallest absolute Gasteiger partial charge is 0.254 e. The molecule has 1 atom stereocenters. The Balaban J connectivity index is 1.90. The number of rotatable bonds is 4. The van der Waals surface area contributed by atoms with Gasteiger partial charge in [-0.3, -0.25) is 4.79 Å². The van der Waals surface area contributed by atoms with Crippen molar-refractivity contribution in [2.24, 2.45) is 0 Å². The molecule has 0 aromatic heterocycles. The molecule has 0 radical (unpaired) electrons. The van der Waals surface area contributed by atoms with E-state index in [0.29, 0.717) is 12.1 Å². The molecule has 0 N–H and O–H groups in total. The molecule has 1 saturated heterocycles. The highest BCUT2D eigenvalue weighted by molar-refractivity contribution is 7.89. The molecule has 1 saturated carbocycles. The van der Waals surface area contributed by atoms with Crippen LogP contribution in [-0.2, 0) is 10.0 Å². The first-order chi connectivity index (χ1) is 12.3. The molecule has 1 heterocycles. The molecule has 1 aromatic carbocycles. The largest absolute Gasteiger partial charge is 0.339 e. The molecule has 1 unspecified atom stereocenters. The van der Waals surface area contributed by atoms with E-state index in [9.17, 15) is 13.2 Å². The van der Waals surface area contributed by atoms with Gasteiger partial charge in [-0.15, -0.1) is 0 Å². The number of carbonyl (C=O) groups is 1. The zero-order valence-electron chi connectivity index (χ0n) is 16.1. The number of sulfonamides is 1. The average Bonchev–Trinajstić information content (AvgIpc) is 3.15. The van der Waals surface area contributed by atoms with Crippen molar-refractivity contribution in [2.75, 3.05) is 13.6 Å². The van der Waals surface area contributed by atoms with E-state index in [1.54, 1.807) is 27.4 Å². The molecule has 26 heavy (non-hydrogen) atoms. The lowest BCUT2D eigenvalue weighted by Crippen LogP contribution is -2.42. The second-order valence-electron chi connectivity index (χ2n) is 7.79. The standard InChI is InChI=1S/C20H30N2O3S/c1-15-11-12-18(26(24,25)22-13-7-6-8-16(22)2)14-19(15)20(23)21(3)17-9-4-5-10-17/h11-12,14,16-17H,4-10,13H2,1-3H3. The summed E-state index contributed by atoms with van der Waals surface area (Å²) in [5, 5.41) is 0. The number of carbonyl (C=O) groups excluding carboxylic acids is 1. The highest BCUT2D eigenvalue weighted by Gasteiger charge is 2.32. The highest BCUT2D eigenvalue weighted by Crippen LogP contribution is 2.28. The Morgan fingerprint density at radius 1 is 1.12 bits per heavy atom. The van der Waals surface area contributed by atoms with Crippen LogP contribution in [0.5, 0.6) is 0 Å². The Morgan fingerprint density at radius 3 is 2.42 bits per heavy atom. The maximum absolute atomic E-state index is 13.1. The molecule has 1 amide bonds. The second kappa shape index (κ2) is 7.69. The minimum absolute atomic E-state index is 0.00960. The predicted molar refractivity (Wildman–Crippen MR) is 103 cm³/mol. The van der Waals surface area contributed by atoms with Crippen LogP contribution in [0.4, 0.5) is 0 Å². The molecule has 1 aromatic rings. The molecular formula is C20H30N2O3S. The van der Waals surface area contributed by atoms with Gasteiger partial charge in [-0.25, -0.2) is 8.42 Å². The molecule has 2 aliphatic rings. The molecule has 144 valence electrons. The van der Waals surface area contributed by atoms with Gasteiger partial charge in [0.2, 0.25) is 10.0 Å². The minimum atomic E-state index is -3.57. The van der Waals surface area contributed by atoms with Gasteiger partial charge in [-0.1, -0.05) is 25.3 Å². The first kappa shape index (κ1) is 19.4. The summed E-state index contributed by atoms with van der Waals surface area (Å²) in [7, 11) is -1.73. The Hall–Kier alpha value is -1.40. The Morgan fingerprint density at radius 2 is 1.77 bits per heavy atom. The Labute approximate surface area is 157 Å². The van der Waals surface area contributed by atoms with Crippen molar-refractivity contribution >= 4 is 15.9 Å². The van der Waals surface area contributed by atoms with Gasteiger partial charge in [0.05, 0.1) is 4.90 Å². The fraction of sp³-hybridized carbons (Fsp3) is 0.650. The van der Waals surface area contributed by atoms with Crippen LogP contribution in [-0.4, -0.2) is 49.2 Å². The molecule has 1 aliphatic heterocycles. The van der Waals surface area contributed by atoms with E-state index in [2.05, 4.69) is 0 Å². The zero-order chi connectivity index (χ0) is 18.9. The summed E-state index contributed by atoms with van der Waals surface area (Å²) >= 11 is 0. The molecular weight excluding hydrogens is 348 g/mol. The van der Waals surface area contributed by atoms with Crippen LogP contribution in [0.2, 0.25) is 0 Å². The monoisotopic (exact) mass is 378 g/mol. The average molecular weight is 379 g/mol. The third kappa shape index (κ3) is 3.67. The highest BCUT2D eigenvalue weighted by atomic mass is 32.2. The first-order valence-corrected chi connectivity index (χ1v) is 11.2. The van der Waals surface area contributed by atoms with Crippen molar-refractivity contribution in [3.05, 3.63) is 29.3 Å². The predicted octanol–water partition coefficient (Wildman–Crippen LogP) is 3.57. The van der Waals surface area contributed by atoms with Crippen molar-refractivity contribution in [3.63, 3.8) is 0 Å². The quantitative estimate of drug-likeness (QED) is 0.805. The van der Waals surface area contributed by atoms with Gasteiger partial charge >= 0.3 is 0 Å². The summed E-state index contributed by atoms with van der Waals surface area (Å²) in [6.07, 6.45) is 7.23. The summed E-state index contributed by atoms with van der Waals surface area (Å²) in [5.41, 5.74) is 1.33. The van der Waals surface area contributed by atoms with Crippen LogP contribution in [0.1, 0.15) is 67.8 Å². The number of benzene rings is 1. The number of aryl methyl sites for hydroxylation is 1. The van der Waals surface area contributed by atoms with Crippen LogP contribution in [0.3, 0.4) is 0 Å². The van der Waals surface area contributed by atoms with E-state index < -0.39 is 10.0 Å². The number of nitrogens with zero attached hydrogens (tertiary/aromatic N) is 2. The summed E-state index contributed by atoms with van der Waals surface area (Å²) in [4.78, 5) is 15.0. The van der Waals surface area contributed by atoms with Crippen molar-refractivity contribution in [1.29, 1.82) is 0 Å². The Kier molecular flexibility index (Phi) is 5.72. The van der Waals surface area contributed by atoms with E-state index in [4.69, 9.17) is 0 Å². The lowest BCUT2D eigenvalue weighted by Gasteiger charge is -2.32. The van der Waals surface area contributed by atoms with Crippen LogP contribution in [0.15, 0.2) is 23.1 Å². The summed E-state index contributed by atoms with van der Waals surface area (Å²) in [6, 6.07) is 5.26. The summed E-state index contributed by atoms with van der Waals surface area (Å²) < 4.78 is 27.8. The fourth-order valence-corrected chi connectivity index (χ4v) is 5.93. The van der Waals surface area contributed by atoms with Gasteiger partial charge in [0.1, 0.15) is 0 Å². The first-order valence-electron chi connectivity index (χ1n) is 9.72. The molecule has 5 nitrogen and oxygen atoms in total. The van der Waals surface area contributed by atoms with Crippen molar-refractivity contribution in [2.45, 2.75) is 75.8 Å². The van der Waals surface area contributed by atoms with Gasteiger partial charge in [0.25, 0.3) is 5.91 Å². The molecule has 6 heteroatoms. The normalized spacial score (nSPS) is 22.5. The van der Waals surface area contributed by atoms with Crippen molar-refractivity contribution < 1.29 is 13.2 Å². The summed E-state index contributed by atoms with van der Waals surface area (Å²) in [5.74, 6) is -0.0712. The molecule has 1 aliphatic carbocycles. The van der Waals surface area contributed by atoms with E-state index in [-0.39, 0.29) is 22.9 Å². The third-order valence-electron chi connectivity index (χ3n) is 5.98. The topological polar surface area (TPSA) is 57.7 Å². The van der Waals surface area contributed by atoms with Crippen LogP contribution in [0.25, 0.3) is 0 Å². The Bertz CT molecular complexity index is 769. The maximum atomic E-state index is 13.1. The number of piperidine rings is 1. The van der Waals surface area contributed by atoms with Crippen LogP contribution >= 0.6 is 0 Å². The number of hydrogen-bond acceptors (Lipinski definition) is 3. The van der Waals surface area contributed by atoms with Gasteiger partial charge in [-0.2, -0.15) is 4.31 Å². The lowest BCUT2D eigenvalue weighted by atomic mass is 10.1. The number of hydrogen-bond donors (Lipinski definition) is 0. The van der Waals surface area contributed by atoms with Gasteiger partial charge in [0, 0.05) is 31.2 Å². The van der Waals surface area contributed by atoms with E-state index in [0.717, 1.165) is 50.5 Å². The van der Waals surface area contributed by atoms with E-state index in [1.807, 2.05) is 20.9 Å². The molecule has 0 bridgehead atoms. The van der Waals surface area contributed by atoms with Gasteiger partial charge in [-0.05, 0) is 57.2 Å². The maximum Gasteiger partial charge on any atom is 0.254 e. The minimum Gasteiger partial charge on any atom is -0.339 e. The SMILES string of the molecule is Cc1ccc(S(=O)(=O)N2CCCCC2C)cc1C(=O)N(C)C1CCCC1. The lowest BCUT2D eigenvalue weighted by molar-refractivity contribution is 0.0734. The van der Waals surface area contributed by atoms with Crippen molar-refractivity contribution in [3.8, 4) is 0 Å². The molecule has 2 fully saturated rings. The van der Waals surface area contributed by atoms with Crippen molar-refractivity contribution in [1.82, 2.24) is 9.21 Å². The third-order valence-corrected chi connectivity index (χ3v) is 7.99. The van der Waals surface area contributed by atoms with Gasteiger partial charge < -0.3 is 4.90 Å². The zero-order valence-corrected chi connectivity index (χ0v) is 16.9. The summed E-state index contributed by atoms with van der Waals surface area (Å²) in [6.45, 7) is 4.39. The molecule has 3 rings (SSSR count). The van der Waals surface area contributed by atoms with E-state index >= 15 is 0 Å². The van der Waals surface area contributed by atoms with E-state index in [1.165, 1.54) is 0 Å². The van der Waals surface area contributed by atoms with Crippen LogP contribution < -0.4 is 0 Å². The second-order valence-corrected chi connectivity index (χ2v) is 9.68. The number of amides is 1. The fourth-order valence-electron chi connectivity index (χ4n) is 4.20. The van der Waals surface area contributed by atoms with Gasteiger partial charge in [0.15, 0.2) is 0 Å². The molecule has 0 spiro atoms.